The predicted octanol–water partition coefficient (Wildman–Crippen LogP) is 18.0. The maximum atomic E-state index is 4.22. The summed E-state index contributed by atoms with van der Waals surface area (Å²) >= 11 is 1.93. The van der Waals surface area contributed by atoms with E-state index in [4.69, 9.17) is 0 Å². The lowest BCUT2D eigenvalue weighted by Gasteiger charge is -2.44. The second kappa shape index (κ2) is 16.4. The van der Waals surface area contributed by atoms with Crippen LogP contribution in [0.4, 0.5) is 28.4 Å². The molecule has 4 heteroatoms. The van der Waals surface area contributed by atoms with Gasteiger partial charge in [0.25, 0.3) is 0 Å². The van der Waals surface area contributed by atoms with Crippen molar-refractivity contribution < 1.29 is 0 Å². The van der Waals surface area contributed by atoms with Crippen LogP contribution in [-0.2, 0) is 38.9 Å². The summed E-state index contributed by atoms with van der Waals surface area (Å²) in [6.07, 6.45) is 11.8. The molecule has 1 N–H and O–H groups in total. The minimum atomic E-state index is 0.0488. The monoisotopic (exact) mass is 942 g/mol. The number of anilines is 5. The van der Waals surface area contributed by atoms with E-state index < -0.39 is 0 Å². The van der Waals surface area contributed by atoms with Crippen LogP contribution in [0.1, 0.15) is 192 Å². The molecule has 0 fully saturated rings. The van der Waals surface area contributed by atoms with Crippen molar-refractivity contribution in [3.63, 3.8) is 0 Å². The molecule has 0 bridgehead atoms. The van der Waals surface area contributed by atoms with E-state index >= 15 is 0 Å². The molecule has 0 atom stereocenters. The number of hydrogen-bond acceptors (Lipinski definition) is 3. The Bertz CT molecular complexity index is 3260. The fraction of sp³-hybridized carbons (Fsp3) is 0.455. The van der Waals surface area contributed by atoms with E-state index in [0.29, 0.717) is 0 Å². The summed E-state index contributed by atoms with van der Waals surface area (Å²) in [6, 6.07) is 37.0. The maximum absolute atomic E-state index is 4.22. The third-order valence-corrected chi connectivity index (χ3v) is 19.6. The van der Waals surface area contributed by atoms with E-state index in [1.165, 1.54) is 173 Å². The zero-order chi connectivity index (χ0) is 49.5. The molecule has 70 heavy (non-hydrogen) atoms. The molecule has 0 saturated carbocycles. The van der Waals surface area contributed by atoms with Crippen LogP contribution in [0.15, 0.2) is 91.0 Å². The molecule has 4 aliphatic rings. The number of unbranched alkanes of at least 4 members (excludes halogenated alkanes) is 2. The van der Waals surface area contributed by atoms with Crippen molar-refractivity contribution in [1.82, 2.24) is 0 Å². The van der Waals surface area contributed by atoms with Gasteiger partial charge in [-0.05, 0) is 200 Å². The van der Waals surface area contributed by atoms with Crippen LogP contribution in [-0.4, -0.2) is 7.28 Å². The van der Waals surface area contributed by atoms with Gasteiger partial charge in [0, 0.05) is 48.8 Å². The fourth-order valence-electron chi connectivity index (χ4n) is 13.3. The summed E-state index contributed by atoms with van der Waals surface area (Å²) < 4.78 is 2.70. The predicted molar refractivity (Wildman–Crippen MR) is 308 cm³/mol. The molecular weight excluding hydrogens is 864 g/mol. The van der Waals surface area contributed by atoms with Gasteiger partial charge in [0.05, 0.1) is 0 Å². The number of rotatable bonds is 8. The third-order valence-electron chi connectivity index (χ3n) is 18.4. The lowest BCUT2D eigenvalue weighted by atomic mass is 9.57. The average molecular weight is 942 g/mol. The molecule has 0 spiro atoms. The summed E-state index contributed by atoms with van der Waals surface area (Å²) in [5.74, 6) is 0. The highest BCUT2D eigenvalue weighted by atomic mass is 32.1. The van der Waals surface area contributed by atoms with Gasteiger partial charge in [0.15, 0.2) is 7.28 Å². The highest BCUT2D eigenvalue weighted by molar-refractivity contribution is 7.25. The zero-order valence-electron chi connectivity index (χ0n) is 45.2. The van der Waals surface area contributed by atoms with Crippen LogP contribution < -0.4 is 21.1 Å². The van der Waals surface area contributed by atoms with Gasteiger partial charge < -0.3 is 10.2 Å². The smallest absolute Gasteiger partial charge is 0.197 e. The second-order valence-corrected chi connectivity index (χ2v) is 27.4. The average Bonchev–Trinajstić information content (AvgIpc) is 3.67. The molecule has 1 aliphatic heterocycles. The molecule has 361 valence electrons. The van der Waals surface area contributed by atoms with E-state index in [0.717, 1.165) is 6.42 Å². The van der Waals surface area contributed by atoms with Crippen LogP contribution in [0, 0.1) is 6.92 Å². The maximum Gasteiger partial charge on any atom is 0.197 e. The molecule has 1 radical (unpaired) electrons. The number of nitrogens with one attached hydrogen (secondary N) is 1. The molecule has 3 aliphatic carbocycles. The van der Waals surface area contributed by atoms with Crippen molar-refractivity contribution in [2.75, 3.05) is 10.2 Å². The van der Waals surface area contributed by atoms with Gasteiger partial charge in [-0.3, -0.25) is 0 Å². The SMILES string of the molecule is CCCCCc1cc(-c2cc3c(cc2Nc2ccc4c(c2)C(C)(C)CCC4(C)C)C(C)(C)CCC3(C)C)c2c(c1)N(c1cc3c(cc1C)C(C)(C)CCC3(C)C)c1cc3sc4ccccc4c3cc1[B]2. The highest BCUT2D eigenvalue weighted by Crippen LogP contribution is 2.53. The lowest BCUT2D eigenvalue weighted by Crippen LogP contribution is -2.42. The number of aryl methyl sites for hydroxylation is 2. The molecule has 6 aromatic carbocycles. The van der Waals surface area contributed by atoms with Gasteiger partial charge in [0.1, 0.15) is 0 Å². The minimum absolute atomic E-state index is 0.0488. The van der Waals surface area contributed by atoms with Crippen molar-refractivity contribution in [3.8, 4) is 11.1 Å². The molecule has 0 saturated heterocycles. The first-order valence-corrected chi connectivity index (χ1v) is 27.8. The topological polar surface area (TPSA) is 15.3 Å². The van der Waals surface area contributed by atoms with Crippen LogP contribution in [0.3, 0.4) is 0 Å². The summed E-state index contributed by atoms with van der Waals surface area (Å²) in [6.45, 7) is 34.3. The standard InChI is InChI=1S/C66H78BN2S/c1-15-16-17-20-41-32-46(44-35-50-51(65(11,12)29-28-64(50,9)10)37-54(44)68-42-23-24-47-49(34-42)63(7,8)26-25-61(47,3)4)60-57(33-41)69(55-38-52-48(31-40(55)2)62(5,6)27-30-66(52,13)14)56-39-59-45(36-53(56)67-60)43-21-18-19-22-58(43)70-59/h18-19,21-24,31-39,68H,15-17,20,25-30H2,1-14H3. The quantitative estimate of drug-likeness (QED) is 0.121. The lowest BCUT2D eigenvalue weighted by molar-refractivity contribution is 0.332. The Morgan fingerprint density at radius 3 is 1.76 bits per heavy atom. The van der Waals surface area contributed by atoms with Gasteiger partial charge in [-0.15, -0.1) is 11.3 Å². The molecule has 2 heterocycles. The number of fused-ring (bicyclic) bond motifs is 8. The van der Waals surface area contributed by atoms with Gasteiger partial charge in [-0.25, -0.2) is 0 Å². The molecular formula is C66H78BN2S. The first kappa shape index (κ1) is 47.5. The summed E-state index contributed by atoms with van der Waals surface area (Å²) in [5.41, 5.74) is 23.9. The first-order valence-electron chi connectivity index (χ1n) is 27.0. The highest BCUT2D eigenvalue weighted by Gasteiger charge is 2.42. The van der Waals surface area contributed by atoms with E-state index in [1.807, 2.05) is 11.3 Å². The second-order valence-electron chi connectivity index (χ2n) is 26.3. The van der Waals surface area contributed by atoms with Crippen LogP contribution in [0.25, 0.3) is 31.3 Å². The number of thiophene rings is 1. The minimum Gasteiger partial charge on any atom is -0.355 e. The summed E-state index contributed by atoms with van der Waals surface area (Å²) in [7, 11) is 2.57. The van der Waals surface area contributed by atoms with E-state index in [2.05, 4.69) is 205 Å². The Morgan fingerprint density at radius 1 is 0.514 bits per heavy atom. The number of nitrogens with zero attached hydrogens (tertiary/aromatic N) is 1. The van der Waals surface area contributed by atoms with Crippen molar-refractivity contribution in [1.29, 1.82) is 0 Å². The van der Waals surface area contributed by atoms with Crippen molar-refractivity contribution in [2.24, 2.45) is 0 Å². The Kier molecular flexibility index (Phi) is 11.1. The molecule has 7 aromatic rings. The largest absolute Gasteiger partial charge is 0.355 e. The molecule has 2 nitrogen and oxygen atoms in total. The Balaban J connectivity index is 1.20. The molecule has 0 amide bonds. The normalized spacial score (nSPS) is 19.7. The van der Waals surface area contributed by atoms with Crippen LogP contribution >= 0.6 is 11.3 Å². The Labute approximate surface area is 426 Å². The van der Waals surface area contributed by atoms with Gasteiger partial charge in [0.2, 0.25) is 0 Å². The molecule has 1 aromatic heterocycles. The Morgan fingerprint density at radius 2 is 1.10 bits per heavy atom. The zero-order valence-corrected chi connectivity index (χ0v) is 46.0. The Hall–Kier alpha value is -4.80. The fourth-order valence-corrected chi connectivity index (χ4v) is 14.4. The van der Waals surface area contributed by atoms with Gasteiger partial charge >= 0.3 is 0 Å². The molecule has 0 unspecified atom stereocenters. The van der Waals surface area contributed by atoms with E-state index in [9.17, 15) is 0 Å². The number of benzene rings is 6. The van der Waals surface area contributed by atoms with Gasteiger partial charge in [-0.1, -0.05) is 151 Å². The molecule has 11 rings (SSSR count). The number of hydrogen-bond donors (Lipinski definition) is 1. The van der Waals surface area contributed by atoms with E-state index in [1.54, 1.807) is 0 Å². The van der Waals surface area contributed by atoms with E-state index in [-0.39, 0.29) is 32.5 Å². The van der Waals surface area contributed by atoms with Crippen LogP contribution in [0.5, 0.6) is 0 Å². The van der Waals surface area contributed by atoms with Crippen LogP contribution in [0.2, 0.25) is 0 Å². The van der Waals surface area contributed by atoms with Crippen molar-refractivity contribution in [3.05, 3.63) is 136 Å². The third kappa shape index (κ3) is 7.79. The first-order chi connectivity index (χ1) is 33.0. The summed E-state index contributed by atoms with van der Waals surface area (Å²) in [5, 5.41) is 6.91. The van der Waals surface area contributed by atoms with Crippen molar-refractivity contribution >= 4 is 78.2 Å². The van der Waals surface area contributed by atoms with Crippen molar-refractivity contribution in [2.45, 2.75) is 194 Å². The summed E-state index contributed by atoms with van der Waals surface area (Å²) in [4.78, 5) is 2.71. The van der Waals surface area contributed by atoms with Gasteiger partial charge in [-0.2, -0.15) is 0 Å².